The molecule has 0 radical (unpaired) electrons. The summed E-state index contributed by atoms with van der Waals surface area (Å²) >= 11 is 1.79. The first-order chi connectivity index (χ1) is 8.93. The smallest absolute Gasteiger partial charge is 0.104 e. The van der Waals surface area contributed by atoms with Crippen molar-refractivity contribution in [2.24, 2.45) is 0 Å². The van der Waals surface area contributed by atoms with E-state index in [4.69, 9.17) is 0 Å². The molecule has 0 saturated heterocycles. The molecule has 0 spiro atoms. The lowest BCUT2D eigenvalue weighted by atomic mass is 10.2. The van der Waals surface area contributed by atoms with Crippen LogP contribution in [-0.4, -0.2) is 4.98 Å². The molecule has 88 valence electrons. The Bertz CT molecular complexity index is 644. The minimum atomic E-state index is 0.960. The highest BCUT2D eigenvalue weighted by atomic mass is 32.2. The van der Waals surface area contributed by atoms with Crippen LogP contribution in [0.3, 0.4) is 0 Å². The topological polar surface area (TPSA) is 12.9 Å². The molecule has 18 heavy (non-hydrogen) atoms. The number of fused-ring (bicyclic) bond motifs is 1. The van der Waals surface area contributed by atoms with Gasteiger partial charge in [-0.3, -0.25) is 0 Å². The first-order valence-electron chi connectivity index (χ1n) is 5.94. The Balaban J connectivity index is 1.87. The highest BCUT2D eigenvalue weighted by molar-refractivity contribution is 7.98. The zero-order valence-electron chi connectivity index (χ0n) is 9.91. The monoisotopic (exact) mass is 251 g/mol. The number of pyridine rings is 1. The molecule has 3 rings (SSSR count). The van der Waals surface area contributed by atoms with Crippen LogP contribution in [-0.2, 0) is 5.75 Å². The molecule has 0 N–H and O–H groups in total. The Labute approximate surface area is 111 Å². The number of aromatic nitrogens is 1. The number of nitrogens with zero attached hydrogens (tertiary/aromatic N) is 1. The van der Waals surface area contributed by atoms with E-state index in [0.717, 1.165) is 10.8 Å². The lowest BCUT2D eigenvalue weighted by Gasteiger charge is -2.05. The highest BCUT2D eigenvalue weighted by Gasteiger charge is 2.02. The molecule has 0 unspecified atom stereocenters. The molecule has 3 aromatic rings. The number of benzene rings is 2. The van der Waals surface area contributed by atoms with Crippen LogP contribution in [0.25, 0.3) is 10.8 Å². The maximum Gasteiger partial charge on any atom is 0.104 e. The third-order valence-electron chi connectivity index (χ3n) is 2.86. The molecule has 0 atom stereocenters. The van der Waals surface area contributed by atoms with Gasteiger partial charge in [-0.05, 0) is 17.0 Å². The third-order valence-corrected chi connectivity index (χ3v) is 3.93. The normalized spacial score (nSPS) is 10.7. The van der Waals surface area contributed by atoms with E-state index in [1.54, 1.807) is 11.8 Å². The summed E-state index contributed by atoms with van der Waals surface area (Å²) in [6.45, 7) is 0. The Morgan fingerprint density at radius 3 is 2.50 bits per heavy atom. The summed E-state index contributed by atoms with van der Waals surface area (Å²) in [5, 5.41) is 3.60. The molecular formula is C16H13NS. The molecule has 2 heteroatoms. The quantitative estimate of drug-likeness (QED) is 0.634. The molecule has 1 aromatic heterocycles. The van der Waals surface area contributed by atoms with Crippen LogP contribution in [0.15, 0.2) is 71.9 Å². The second-order valence-corrected chi connectivity index (χ2v) is 5.08. The SMILES string of the molecule is c1ccc(CSc2nccc3ccccc23)cc1. The fourth-order valence-electron chi connectivity index (χ4n) is 1.93. The summed E-state index contributed by atoms with van der Waals surface area (Å²) < 4.78 is 0. The predicted octanol–water partition coefficient (Wildman–Crippen LogP) is 4.53. The van der Waals surface area contributed by atoms with Crippen LogP contribution >= 0.6 is 11.8 Å². The van der Waals surface area contributed by atoms with Crippen molar-refractivity contribution in [3.05, 3.63) is 72.4 Å². The van der Waals surface area contributed by atoms with Crippen LogP contribution in [0.4, 0.5) is 0 Å². The molecule has 0 fully saturated rings. The van der Waals surface area contributed by atoms with Gasteiger partial charge in [-0.1, -0.05) is 54.6 Å². The van der Waals surface area contributed by atoms with Gasteiger partial charge in [-0.2, -0.15) is 0 Å². The highest BCUT2D eigenvalue weighted by Crippen LogP contribution is 2.27. The molecule has 0 saturated carbocycles. The van der Waals surface area contributed by atoms with Crippen molar-refractivity contribution in [2.45, 2.75) is 10.8 Å². The van der Waals surface area contributed by atoms with Crippen LogP contribution < -0.4 is 0 Å². The van der Waals surface area contributed by atoms with Crippen molar-refractivity contribution < 1.29 is 0 Å². The van der Waals surface area contributed by atoms with Crippen LogP contribution in [0.5, 0.6) is 0 Å². The number of hydrogen-bond acceptors (Lipinski definition) is 2. The first kappa shape index (κ1) is 11.3. The molecule has 0 aliphatic carbocycles. The van der Waals surface area contributed by atoms with E-state index in [-0.39, 0.29) is 0 Å². The zero-order valence-corrected chi connectivity index (χ0v) is 10.7. The lowest BCUT2D eigenvalue weighted by Crippen LogP contribution is -1.84. The molecule has 0 aliphatic rings. The minimum Gasteiger partial charge on any atom is -0.249 e. The van der Waals surface area contributed by atoms with Gasteiger partial charge in [0.2, 0.25) is 0 Å². The second-order valence-electron chi connectivity index (χ2n) is 4.11. The van der Waals surface area contributed by atoms with E-state index < -0.39 is 0 Å². The Morgan fingerprint density at radius 1 is 0.833 bits per heavy atom. The van der Waals surface area contributed by atoms with E-state index in [1.165, 1.54) is 16.3 Å². The van der Waals surface area contributed by atoms with Gasteiger partial charge in [0.05, 0.1) is 0 Å². The average molecular weight is 251 g/mol. The fourth-order valence-corrected chi connectivity index (χ4v) is 2.91. The van der Waals surface area contributed by atoms with Crippen molar-refractivity contribution in [3.63, 3.8) is 0 Å². The van der Waals surface area contributed by atoms with Crippen molar-refractivity contribution in [1.29, 1.82) is 0 Å². The van der Waals surface area contributed by atoms with Gasteiger partial charge in [-0.25, -0.2) is 4.98 Å². The summed E-state index contributed by atoms with van der Waals surface area (Å²) in [6.07, 6.45) is 1.88. The van der Waals surface area contributed by atoms with E-state index >= 15 is 0 Å². The second kappa shape index (κ2) is 5.23. The first-order valence-corrected chi connectivity index (χ1v) is 6.92. The minimum absolute atomic E-state index is 0.960. The van der Waals surface area contributed by atoms with Gasteiger partial charge < -0.3 is 0 Å². The van der Waals surface area contributed by atoms with Crippen molar-refractivity contribution in [3.8, 4) is 0 Å². The van der Waals surface area contributed by atoms with Gasteiger partial charge in [0, 0.05) is 17.3 Å². The molecule has 0 aliphatic heterocycles. The Kier molecular flexibility index (Phi) is 3.29. The lowest BCUT2D eigenvalue weighted by molar-refractivity contribution is 1.17. The molecule has 0 bridgehead atoms. The van der Waals surface area contributed by atoms with E-state index in [1.807, 2.05) is 12.3 Å². The maximum atomic E-state index is 4.48. The van der Waals surface area contributed by atoms with E-state index in [0.29, 0.717) is 0 Å². The third kappa shape index (κ3) is 2.39. The molecular weight excluding hydrogens is 238 g/mol. The molecule has 2 aromatic carbocycles. The van der Waals surface area contributed by atoms with Crippen molar-refractivity contribution in [1.82, 2.24) is 4.98 Å². The molecule has 1 heterocycles. The number of rotatable bonds is 3. The summed E-state index contributed by atoms with van der Waals surface area (Å²) in [7, 11) is 0. The Morgan fingerprint density at radius 2 is 1.61 bits per heavy atom. The van der Waals surface area contributed by atoms with E-state index in [2.05, 4.69) is 59.6 Å². The number of hydrogen-bond donors (Lipinski definition) is 0. The van der Waals surface area contributed by atoms with Gasteiger partial charge in [-0.15, -0.1) is 11.8 Å². The van der Waals surface area contributed by atoms with Crippen LogP contribution in [0, 0.1) is 0 Å². The molecule has 0 amide bonds. The zero-order chi connectivity index (χ0) is 12.2. The van der Waals surface area contributed by atoms with Crippen LogP contribution in [0.1, 0.15) is 5.56 Å². The van der Waals surface area contributed by atoms with Crippen molar-refractivity contribution in [2.75, 3.05) is 0 Å². The average Bonchev–Trinajstić information content (AvgIpc) is 2.46. The van der Waals surface area contributed by atoms with Crippen LogP contribution in [0.2, 0.25) is 0 Å². The van der Waals surface area contributed by atoms with E-state index in [9.17, 15) is 0 Å². The van der Waals surface area contributed by atoms with Gasteiger partial charge >= 0.3 is 0 Å². The van der Waals surface area contributed by atoms with Gasteiger partial charge in [0.25, 0.3) is 0 Å². The number of thioether (sulfide) groups is 1. The Hall–Kier alpha value is -1.80. The van der Waals surface area contributed by atoms with Gasteiger partial charge in [0.1, 0.15) is 5.03 Å². The van der Waals surface area contributed by atoms with Gasteiger partial charge in [0.15, 0.2) is 0 Å². The fraction of sp³-hybridized carbons (Fsp3) is 0.0625. The molecule has 1 nitrogen and oxygen atoms in total. The summed E-state index contributed by atoms with van der Waals surface area (Å²) in [6, 6.07) is 20.9. The summed E-state index contributed by atoms with van der Waals surface area (Å²) in [5.74, 6) is 0.960. The largest absolute Gasteiger partial charge is 0.249 e. The standard InChI is InChI=1S/C16H13NS/c1-2-6-13(7-3-1)12-18-16-15-9-5-4-8-14(15)10-11-17-16/h1-11H,12H2. The van der Waals surface area contributed by atoms with Crippen molar-refractivity contribution >= 4 is 22.5 Å². The predicted molar refractivity (Wildman–Crippen MR) is 77.7 cm³/mol. The summed E-state index contributed by atoms with van der Waals surface area (Å²) in [4.78, 5) is 4.48. The summed E-state index contributed by atoms with van der Waals surface area (Å²) in [5.41, 5.74) is 1.33. The maximum absolute atomic E-state index is 4.48.